The van der Waals surface area contributed by atoms with Crippen LogP contribution in [0.2, 0.25) is 0 Å². The van der Waals surface area contributed by atoms with Gasteiger partial charge in [-0.1, -0.05) is 30.0 Å². The number of anilines is 1. The summed E-state index contributed by atoms with van der Waals surface area (Å²) in [6.07, 6.45) is 3.88. The van der Waals surface area contributed by atoms with Gasteiger partial charge in [0.05, 0.1) is 23.0 Å². The maximum absolute atomic E-state index is 12.5. The molecule has 3 rings (SSSR count). The van der Waals surface area contributed by atoms with Gasteiger partial charge < -0.3 is 9.73 Å². The quantitative estimate of drug-likeness (QED) is 0.925. The molecule has 1 amide bonds. The lowest BCUT2D eigenvalue weighted by Crippen LogP contribution is -2.35. The smallest absolute Gasteiger partial charge is 0.240 e. The third-order valence-corrected chi connectivity index (χ3v) is 4.56. The second kappa shape index (κ2) is 6.42. The first-order chi connectivity index (χ1) is 11.0. The Bertz CT molecular complexity index is 749. The highest BCUT2D eigenvalue weighted by Gasteiger charge is 2.32. The molecule has 1 N–H and O–H groups in total. The summed E-state index contributed by atoms with van der Waals surface area (Å²) in [5.41, 5.74) is 2.58. The summed E-state index contributed by atoms with van der Waals surface area (Å²) in [6.45, 7) is 3.77. The molecule has 0 atom stereocenters. The van der Waals surface area contributed by atoms with Crippen LogP contribution in [-0.4, -0.2) is 21.4 Å². The molecule has 1 aliphatic heterocycles. The molecule has 2 aromatic rings. The van der Waals surface area contributed by atoms with Gasteiger partial charge in [-0.3, -0.25) is 4.79 Å². The molecule has 1 aromatic carbocycles. The van der Waals surface area contributed by atoms with Crippen molar-refractivity contribution < 1.29 is 9.21 Å². The van der Waals surface area contributed by atoms with Crippen LogP contribution >= 0.6 is 11.8 Å². The number of rotatable bonds is 4. The topological polar surface area (TPSA) is 67.0 Å². The van der Waals surface area contributed by atoms with Crippen molar-refractivity contribution in [3.8, 4) is 0 Å². The van der Waals surface area contributed by atoms with Crippen molar-refractivity contribution in [1.82, 2.24) is 0 Å². The van der Waals surface area contributed by atoms with E-state index in [0.29, 0.717) is 6.42 Å². The number of nitrogens with zero attached hydrogens (tertiary/aromatic N) is 2. The number of hydrogen-bond acceptors (Lipinski definition) is 5. The van der Waals surface area contributed by atoms with Crippen LogP contribution in [0.25, 0.3) is 0 Å². The Morgan fingerprint density at radius 3 is 2.70 bits per heavy atom. The minimum atomic E-state index is -0.643. The molecule has 118 valence electrons. The number of benzene rings is 1. The normalized spacial score (nSPS) is 14.3. The molecule has 6 heteroatoms. The highest BCUT2D eigenvalue weighted by molar-refractivity contribution is 8.15. The van der Waals surface area contributed by atoms with E-state index in [1.807, 2.05) is 50.2 Å². The van der Waals surface area contributed by atoms with Crippen molar-refractivity contribution >= 4 is 34.1 Å². The van der Waals surface area contributed by atoms with E-state index in [-0.39, 0.29) is 5.91 Å². The Kier molecular flexibility index (Phi) is 4.34. The van der Waals surface area contributed by atoms with Crippen LogP contribution in [0, 0.1) is 0 Å². The molecule has 0 aliphatic carbocycles. The molecular weight excluding hydrogens is 310 g/mol. The Morgan fingerprint density at radius 1 is 1.22 bits per heavy atom. The van der Waals surface area contributed by atoms with Crippen molar-refractivity contribution in [3.63, 3.8) is 0 Å². The van der Waals surface area contributed by atoms with E-state index in [1.165, 1.54) is 11.8 Å². The first-order valence-electron chi connectivity index (χ1n) is 7.26. The summed E-state index contributed by atoms with van der Waals surface area (Å²) in [5.74, 6) is -0.0619. The fraction of sp³-hybridized carbons (Fsp3) is 0.235. The fourth-order valence-corrected chi connectivity index (χ4v) is 3.14. The number of amides is 1. The van der Waals surface area contributed by atoms with Crippen molar-refractivity contribution in [2.24, 2.45) is 10.2 Å². The van der Waals surface area contributed by atoms with Gasteiger partial charge in [-0.2, -0.15) is 5.10 Å². The average Bonchev–Trinajstić information content (AvgIpc) is 3.18. The maximum Gasteiger partial charge on any atom is 0.240 e. The Labute approximate surface area is 138 Å². The van der Waals surface area contributed by atoms with Crippen LogP contribution in [0.3, 0.4) is 0 Å². The SMILES string of the molecule is CC(C)(SC1=NN=C(c2ccoc2)C1)C(=O)Nc1ccccc1. The molecule has 0 fully saturated rings. The zero-order valence-electron chi connectivity index (χ0n) is 12.9. The van der Waals surface area contributed by atoms with Gasteiger partial charge in [-0.05, 0) is 32.0 Å². The molecular formula is C17H17N3O2S. The second-order valence-corrected chi connectivity index (χ2v) is 7.36. The molecule has 0 bridgehead atoms. The van der Waals surface area contributed by atoms with Gasteiger partial charge in [0, 0.05) is 17.7 Å². The number of hydrogen-bond donors (Lipinski definition) is 1. The maximum atomic E-state index is 12.5. The zero-order valence-corrected chi connectivity index (χ0v) is 13.8. The number of nitrogens with one attached hydrogen (secondary N) is 1. The van der Waals surface area contributed by atoms with Crippen molar-refractivity contribution in [2.45, 2.75) is 25.0 Å². The molecule has 0 saturated carbocycles. The summed E-state index contributed by atoms with van der Waals surface area (Å²) in [7, 11) is 0. The standard InChI is InChI=1S/C17H17N3O2S/c1-17(2,16(21)18-13-6-4-3-5-7-13)23-15-10-14(19-20-15)12-8-9-22-11-12/h3-9,11H,10H2,1-2H3,(H,18,21). The fourth-order valence-electron chi connectivity index (χ4n) is 2.12. The molecule has 0 unspecified atom stereocenters. The molecule has 0 spiro atoms. The van der Waals surface area contributed by atoms with Crippen LogP contribution in [0.5, 0.6) is 0 Å². The Morgan fingerprint density at radius 2 is 2.00 bits per heavy atom. The third kappa shape index (κ3) is 3.71. The van der Waals surface area contributed by atoms with E-state index >= 15 is 0 Å². The van der Waals surface area contributed by atoms with Crippen LogP contribution < -0.4 is 5.32 Å². The minimum absolute atomic E-state index is 0.0619. The van der Waals surface area contributed by atoms with Crippen molar-refractivity contribution in [3.05, 3.63) is 54.5 Å². The summed E-state index contributed by atoms with van der Waals surface area (Å²) < 4.78 is 4.42. The number of para-hydroxylation sites is 1. The van der Waals surface area contributed by atoms with Crippen LogP contribution in [0.4, 0.5) is 5.69 Å². The zero-order chi connectivity index (χ0) is 16.3. The predicted molar refractivity (Wildman–Crippen MR) is 94.0 cm³/mol. The third-order valence-electron chi connectivity index (χ3n) is 3.41. The highest BCUT2D eigenvalue weighted by Crippen LogP contribution is 2.31. The molecule has 5 nitrogen and oxygen atoms in total. The largest absolute Gasteiger partial charge is 0.472 e. The second-order valence-electron chi connectivity index (χ2n) is 5.66. The number of carbonyl (C=O) groups is 1. The van der Waals surface area contributed by atoms with Gasteiger partial charge in [0.2, 0.25) is 5.91 Å². The van der Waals surface area contributed by atoms with Gasteiger partial charge in [0.1, 0.15) is 5.04 Å². The van der Waals surface area contributed by atoms with Gasteiger partial charge in [-0.15, -0.1) is 5.10 Å². The summed E-state index contributed by atoms with van der Waals surface area (Å²) in [4.78, 5) is 12.5. The summed E-state index contributed by atoms with van der Waals surface area (Å²) >= 11 is 1.43. The molecule has 2 heterocycles. The molecule has 1 aromatic heterocycles. The number of carbonyl (C=O) groups excluding carboxylic acids is 1. The van der Waals surface area contributed by atoms with Crippen molar-refractivity contribution in [1.29, 1.82) is 0 Å². The monoisotopic (exact) mass is 327 g/mol. The summed E-state index contributed by atoms with van der Waals surface area (Å²) in [6, 6.07) is 11.3. The minimum Gasteiger partial charge on any atom is -0.472 e. The van der Waals surface area contributed by atoms with Crippen LogP contribution in [0.1, 0.15) is 25.8 Å². The number of furan rings is 1. The molecule has 0 saturated heterocycles. The van der Waals surface area contributed by atoms with Crippen LogP contribution in [-0.2, 0) is 4.79 Å². The average molecular weight is 327 g/mol. The van der Waals surface area contributed by atoms with E-state index < -0.39 is 4.75 Å². The van der Waals surface area contributed by atoms with E-state index in [4.69, 9.17) is 4.42 Å². The summed E-state index contributed by atoms with van der Waals surface area (Å²) in [5, 5.41) is 12.1. The van der Waals surface area contributed by atoms with Gasteiger partial charge >= 0.3 is 0 Å². The van der Waals surface area contributed by atoms with Gasteiger partial charge in [-0.25, -0.2) is 0 Å². The first kappa shape index (κ1) is 15.6. The van der Waals surface area contributed by atoms with E-state index in [9.17, 15) is 4.79 Å². The van der Waals surface area contributed by atoms with Crippen molar-refractivity contribution in [2.75, 3.05) is 5.32 Å². The van der Waals surface area contributed by atoms with Gasteiger partial charge in [0.25, 0.3) is 0 Å². The molecule has 1 aliphatic rings. The van der Waals surface area contributed by atoms with Gasteiger partial charge in [0.15, 0.2) is 0 Å². The first-order valence-corrected chi connectivity index (χ1v) is 8.08. The Hall–Kier alpha value is -2.34. The van der Waals surface area contributed by atoms with Crippen LogP contribution in [0.15, 0.2) is 63.5 Å². The lowest BCUT2D eigenvalue weighted by molar-refractivity contribution is -0.117. The van der Waals surface area contributed by atoms with E-state index in [1.54, 1.807) is 12.5 Å². The molecule has 23 heavy (non-hydrogen) atoms. The van der Waals surface area contributed by atoms with E-state index in [0.717, 1.165) is 22.0 Å². The lowest BCUT2D eigenvalue weighted by atomic mass is 10.2. The predicted octanol–water partition coefficient (Wildman–Crippen LogP) is 3.94. The highest BCUT2D eigenvalue weighted by atomic mass is 32.2. The Balaban J connectivity index is 1.60. The number of thioether (sulfide) groups is 1. The lowest BCUT2D eigenvalue weighted by Gasteiger charge is -2.22. The molecule has 0 radical (unpaired) electrons. The van der Waals surface area contributed by atoms with E-state index in [2.05, 4.69) is 15.5 Å².